The molecule has 0 aliphatic carbocycles. The Morgan fingerprint density at radius 1 is 1.24 bits per heavy atom. The lowest BCUT2D eigenvalue weighted by molar-refractivity contribution is 0.0492. The molecule has 0 fully saturated rings. The van der Waals surface area contributed by atoms with Gasteiger partial charge in [-0.3, -0.25) is 4.98 Å². The number of rotatable bonds is 0. The molecular weight excluding hydrogens is 242 g/mol. The van der Waals surface area contributed by atoms with E-state index in [1.165, 1.54) is 6.20 Å². The maximum Gasteiger partial charge on any atom is 0.343 e. The molecule has 0 radical (unpaired) electrons. The normalized spacial score (nSPS) is 14.8. The number of esters is 1. The van der Waals surface area contributed by atoms with E-state index in [-0.39, 0.29) is 6.61 Å². The first kappa shape index (κ1) is 10.4. The molecule has 1 aliphatic heterocycles. The Morgan fingerprint density at radius 2 is 2.06 bits per heavy atom. The zero-order valence-electron chi connectivity index (χ0n) is 8.77. The van der Waals surface area contributed by atoms with E-state index >= 15 is 0 Å². The van der Waals surface area contributed by atoms with E-state index in [0.29, 0.717) is 28.5 Å². The summed E-state index contributed by atoms with van der Waals surface area (Å²) in [6, 6.07) is 5.27. The second kappa shape index (κ2) is 3.89. The first-order chi connectivity index (χ1) is 8.25. The van der Waals surface area contributed by atoms with Gasteiger partial charge in [-0.1, -0.05) is 11.6 Å². The summed E-state index contributed by atoms with van der Waals surface area (Å²) in [4.78, 5) is 15.8. The molecule has 17 heavy (non-hydrogen) atoms. The molecule has 2 aromatic rings. The summed E-state index contributed by atoms with van der Waals surface area (Å²) in [6.07, 6.45) is 1.46. The van der Waals surface area contributed by atoms with Crippen LogP contribution in [0.3, 0.4) is 0 Å². The van der Waals surface area contributed by atoms with Gasteiger partial charge in [-0.25, -0.2) is 4.79 Å². The summed E-state index contributed by atoms with van der Waals surface area (Å²) in [5.41, 5.74) is 1.06. The lowest BCUT2D eigenvalue weighted by atomic mass is 10.1. The second-order valence-corrected chi connectivity index (χ2v) is 4.08. The standard InChI is InChI=1S/C12H8ClNO3/c13-7-1-2-8-10(5-7)14-6-9-11(8)16-3-4-17-12(9)15/h1-2,5-6H,3-4H2. The van der Waals surface area contributed by atoms with Crippen LogP contribution < -0.4 is 4.74 Å². The van der Waals surface area contributed by atoms with Crippen molar-refractivity contribution in [2.45, 2.75) is 0 Å². The highest BCUT2D eigenvalue weighted by molar-refractivity contribution is 6.31. The van der Waals surface area contributed by atoms with Crippen molar-refractivity contribution in [1.82, 2.24) is 4.98 Å². The molecule has 0 atom stereocenters. The van der Waals surface area contributed by atoms with Gasteiger partial charge in [0, 0.05) is 16.6 Å². The number of pyridine rings is 1. The minimum absolute atomic E-state index is 0.253. The van der Waals surface area contributed by atoms with Crippen LogP contribution in [-0.4, -0.2) is 24.2 Å². The van der Waals surface area contributed by atoms with E-state index in [2.05, 4.69) is 4.98 Å². The van der Waals surface area contributed by atoms with Crippen LogP contribution in [0.2, 0.25) is 5.02 Å². The average molecular weight is 250 g/mol. The smallest absolute Gasteiger partial charge is 0.343 e. The number of cyclic esters (lactones) is 1. The Bertz CT molecular complexity index is 612. The van der Waals surface area contributed by atoms with Gasteiger partial charge in [0.1, 0.15) is 24.5 Å². The molecule has 0 N–H and O–H groups in total. The van der Waals surface area contributed by atoms with E-state index in [0.717, 1.165) is 5.39 Å². The van der Waals surface area contributed by atoms with Crippen molar-refractivity contribution >= 4 is 28.5 Å². The number of aromatic nitrogens is 1. The van der Waals surface area contributed by atoms with Gasteiger partial charge >= 0.3 is 5.97 Å². The molecule has 5 heteroatoms. The molecule has 86 valence electrons. The summed E-state index contributed by atoms with van der Waals surface area (Å²) >= 11 is 5.89. The van der Waals surface area contributed by atoms with Crippen molar-refractivity contribution in [3.05, 3.63) is 35.0 Å². The summed E-state index contributed by atoms with van der Waals surface area (Å²) < 4.78 is 10.5. The fourth-order valence-electron chi connectivity index (χ4n) is 1.80. The lowest BCUT2D eigenvalue weighted by Crippen LogP contribution is -2.05. The van der Waals surface area contributed by atoms with Crippen molar-refractivity contribution in [1.29, 1.82) is 0 Å². The molecule has 4 nitrogen and oxygen atoms in total. The van der Waals surface area contributed by atoms with Crippen LogP contribution in [0.5, 0.6) is 5.75 Å². The van der Waals surface area contributed by atoms with E-state index < -0.39 is 5.97 Å². The van der Waals surface area contributed by atoms with Crippen LogP contribution in [0.15, 0.2) is 24.4 Å². The van der Waals surface area contributed by atoms with E-state index in [1.807, 2.05) is 0 Å². The van der Waals surface area contributed by atoms with Gasteiger partial charge in [-0.15, -0.1) is 0 Å². The third-order valence-electron chi connectivity index (χ3n) is 2.56. The van der Waals surface area contributed by atoms with Crippen molar-refractivity contribution < 1.29 is 14.3 Å². The number of hydrogen-bond donors (Lipinski definition) is 0. The Kier molecular flexibility index (Phi) is 2.37. The molecule has 1 aromatic carbocycles. The zero-order chi connectivity index (χ0) is 11.8. The van der Waals surface area contributed by atoms with Crippen LogP contribution in [0.4, 0.5) is 0 Å². The van der Waals surface area contributed by atoms with Gasteiger partial charge in [0.25, 0.3) is 0 Å². The summed E-state index contributed by atoms with van der Waals surface area (Å²) in [5, 5.41) is 1.37. The minimum atomic E-state index is -0.401. The maximum absolute atomic E-state index is 11.6. The Hall–Kier alpha value is -1.81. The predicted molar refractivity (Wildman–Crippen MR) is 62.5 cm³/mol. The van der Waals surface area contributed by atoms with Crippen molar-refractivity contribution in [2.24, 2.45) is 0 Å². The maximum atomic E-state index is 11.6. The van der Waals surface area contributed by atoms with E-state index in [9.17, 15) is 4.79 Å². The number of hydrogen-bond acceptors (Lipinski definition) is 4. The quantitative estimate of drug-likeness (QED) is 0.673. The Morgan fingerprint density at radius 3 is 2.94 bits per heavy atom. The number of ether oxygens (including phenoxy) is 2. The predicted octanol–water partition coefficient (Wildman–Crippen LogP) is 2.44. The summed E-state index contributed by atoms with van der Waals surface area (Å²) in [6.45, 7) is 0.600. The second-order valence-electron chi connectivity index (χ2n) is 3.65. The van der Waals surface area contributed by atoms with Crippen LogP contribution in [-0.2, 0) is 4.74 Å². The number of fused-ring (bicyclic) bond motifs is 3. The molecule has 3 rings (SSSR count). The highest BCUT2D eigenvalue weighted by atomic mass is 35.5. The Labute approximate surface area is 102 Å². The first-order valence-electron chi connectivity index (χ1n) is 5.14. The molecule has 0 unspecified atom stereocenters. The third-order valence-corrected chi connectivity index (χ3v) is 2.80. The highest BCUT2D eigenvalue weighted by Crippen LogP contribution is 2.31. The SMILES string of the molecule is O=C1OCCOc2c1cnc1cc(Cl)ccc21. The number of carbonyl (C=O) groups excluding carboxylic acids is 1. The van der Waals surface area contributed by atoms with Gasteiger partial charge in [-0.05, 0) is 18.2 Å². The van der Waals surface area contributed by atoms with Gasteiger partial charge in [0.05, 0.1) is 5.52 Å². The monoisotopic (exact) mass is 249 g/mol. The largest absolute Gasteiger partial charge is 0.488 e. The number of benzene rings is 1. The highest BCUT2D eigenvalue weighted by Gasteiger charge is 2.21. The van der Waals surface area contributed by atoms with Crippen molar-refractivity contribution in [3.8, 4) is 5.75 Å². The van der Waals surface area contributed by atoms with Crippen LogP contribution in [0, 0.1) is 0 Å². The topological polar surface area (TPSA) is 48.4 Å². The van der Waals surface area contributed by atoms with Gasteiger partial charge in [0.15, 0.2) is 0 Å². The molecule has 1 aromatic heterocycles. The summed E-state index contributed by atoms with van der Waals surface area (Å²) in [5.74, 6) is 0.121. The van der Waals surface area contributed by atoms with Gasteiger partial charge in [-0.2, -0.15) is 0 Å². The molecule has 0 spiro atoms. The summed E-state index contributed by atoms with van der Waals surface area (Å²) in [7, 11) is 0. The number of halogens is 1. The van der Waals surface area contributed by atoms with Crippen LogP contribution >= 0.6 is 11.6 Å². The van der Waals surface area contributed by atoms with Crippen molar-refractivity contribution in [3.63, 3.8) is 0 Å². The van der Waals surface area contributed by atoms with E-state index in [1.54, 1.807) is 18.2 Å². The molecule has 1 aliphatic rings. The van der Waals surface area contributed by atoms with Crippen LogP contribution in [0.25, 0.3) is 10.9 Å². The van der Waals surface area contributed by atoms with Crippen LogP contribution in [0.1, 0.15) is 10.4 Å². The molecular formula is C12H8ClNO3. The average Bonchev–Trinajstić information content (AvgIpc) is 2.51. The first-order valence-corrected chi connectivity index (χ1v) is 5.52. The number of carbonyl (C=O) groups is 1. The van der Waals surface area contributed by atoms with Gasteiger partial charge in [0.2, 0.25) is 0 Å². The molecule has 2 heterocycles. The lowest BCUT2D eigenvalue weighted by Gasteiger charge is -2.08. The number of nitrogens with zero attached hydrogens (tertiary/aromatic N) is 1. The Balaban J connectivity index is 2.31. The molecule has 0 bridgehead atoms. The third kappa shape index (κ3) is 1.70. The van der Waals surface area contributed by atoms with Gasteiger partial charge < -0.3 is 9.47 Å². The minimum Gasteiger partial charge on any atom is -0.488 e. The van der Waals surface area contributed by atoms with E-state index in [4.69, 9.17) is 21.1 Å². The zero-order valence-corrected chi connectivity index (χ0v) is 9.53. The fourth-order valence-corrected chi connectivity index (χ4v) is 1.96. The van der Waals surface area contributed by atoms with Crippen molar-refractivity contribution in [2.75, 3.05) is 13.2 Å². The fraction of sp³-hybridized carbons (Fsp3) is 0.167. The molecule has 0 saturated heterocycles. The molecule has 0 amide bonds. The molecule has 0 saturated carbocycles.